The highest BCUT2D eigenvalue weighted by molar-refractivity contribution is 6.20. The third kappa shape index (κ3) is 5.80. The van der Waals surface area contributed by atoms with Gasteiger partial charge in [0.15, 0.2) is 0 Å². The van der Waals surface area contributed by atoms with Gasteiger partial charge in [-0.1, -0.05) is 37.4 Å². The summed E-state index contributed by atoms with van der Waals surface area (Å²) in [6.45, 7) is 10.4. The molecular weight excluding hydrogens is 364 g/mol. The van der Waals surface area contributed by atoms with Crippen molar-refractivity contribution in [1.82, 2.24) is 10.6 Å². The number of esters is 2. The summed E-state index contributed by atoms with van der Waals surface area (Å²) in [5, 5.41) is 4.97. The van der Waals surface area contributed by atoms with Crippen LogP contribution in [-0.2, 0) is 28.7 Å². The molecule has 2 N–H and O–H groups in total. The molecule has 0 aliphatic rings. The van der Waals surface area contributed by atoms with E-state index in [0.29, 0.717) is 11.1 Å². The molecule has 0 heterocycles. The molecule has 0 aromatic heterocycles. The third-order valence-electron chi connectivity index (χ3n) is 3.93. The van der Waals surface area contributed by atoms with Crippen LogP contribution in [0.1, 0.15) is 25.0 Å². The van der Waals surface area contributed by atoms with E-state index in [-0.39, 0.29) is 11.1 Å². The largest absolute Gasteiger partial charge is 0.467 e. The monoisotopic (exact) mass is 388 g/mol. The van der Waals surface area contributed by atoms with Crippen molar-refractivity contribution in [2.75, 3.05) is 14.2 Å². The van der Waals surface area contributed by atoms with E-state index in [1.54, 1.807) is 24.3 Å². The first-order valence-corrected chi connectivity index (χ1v) is 8.38. The molecule has 1 aromatic rings. The fourth-order valence-electron chi connectivity index (χ4n) is 2.17. The van der Waals surface area contributed by atoms with Gasteiger partial charge in [-0.3, -0.25) is 9.59 Å². The SMILES string of the molecule is C=C(C(=O)N[C@@H](C)C(=O)OC)c1ccc(C(=C)C(=O)N[C@@H](C)C(=O)OC)cc1. The quantitative estimate of drug-likeness (QED) is 0.509. The van der Waals surface area contributed by atoms with Crippen LogP contribution < -0.4 is 10.6 Å². The zero-order chi connectivity index (χ0) is 21.4. The maximum absolute atomic E-state index is 12.2. The van der Waals surface area contributed by atoms with Crippen LogP contribution in [-0.4, -0.2) is 50.1 Å². The summed E-state index contributed by atoms with van der Waals surface area (Å²) >= 11 is 0. The molecule has 0 saturated heterocycles. The Morgan fingerprint density at radius 3 is 1.29 bits per heavy atom. The molecule has 0 aliphatic heterocycles. The number of nitrogens with one attached hydrogen (secondary N) is 2. The molecule has 8 heteroatoms. The lowest BCUT2D eigenvalue weighted by Crippen LogP contribution is -2.39. The van der Waals surface area contributed by atoms with Crippen LogP contribution in [0.4, 0.5) is 0 Å². The number of hydrogen-bond acceptors (Lipinski definition) is 6. The van der Waals surface area contributed by atoms with Crippen LogP contribution in [0, 0.1) is 0 Å². The molecule has 2 amide bonds. The molecule has 150 valence electrons. The number of hydrogen-bond donors (Lipinski definition) is 2. The molecule has 0 radical (unpaired) electrons. The number of methoxy groups -OCH3 is 2. The summed E-state index contributed by atoms with van der Waals surface area (Å²) < 4.78 is 9.10. The average Bonchev–Trinajstić information content (AvgIpc) is 2.70. The summed E-state index contributed by atoms with van der Waals surface area (Å²) in [5.41, 5.74) is 1.32. The van der Waals surface area contributed by atoms with Gasteiger partial charge >= 0.3 is 11.9 Å². The lowest BCUT2D eigenvalue weighted by atomic mass is 10.0. The highest BCUT2D eigenvalue weighted by atomic mass is 16.5. The van der Waals surface area contributed by atoms with Gasteiger partial charge in [-0.2, -0.15) is 0 Å². The first kappa shape index (κ1) is 22.6. The molecule has 28 heavy (non-hydrogen) atoms. The Balaban J connectivity index is 2.79. The molecule has 1 aromatic carbocycles. The fourth-order valence-corrected chi connectivity index (χ4v) is 2.17. The van der Waals surface area contributed by atoms with Gasteiger partial charge in [0.25, 0.3) is 11.8 Å². The van der Waals surface area contributed by atoms with E-state index in [0.717, 1.165) is 0 Å². The standard InChI is InChI=1S/C20H24N2O6/c1-11(17(23)21-13(3)19(25)27-5)15-7-9-16(10-8-15)12(2)18(24)22-14(4)20(26)28-6/h7-10,13-14H,1-2H2,3-6H3,(H,21,23)(H,22,24)/t13-,14-/m0/s1. The van der Waals surface area contributed by atoms with Crippen LogP contribution >= 0.6 is 0 Å². The minimum Gasteiger partial charge on any atom is -0.467 e. The smallest absolute Gasteiger partial charge is 0.328 e. The van der Waals surface area contributed by atoms with Crippen LogP contribution in [0.5, 0.6) is 0 Å². The van der Waals surface area contributed by atoms with Crippen LogP contribution in [0.2, 0.25) is 0 Å². The van der Waals surface area contributed by atoms with E-state index in [4.69, 9.17) is 0 Å². The normalized spacial score (nSPS) is 12.1. The maximum Gasteiger partial charge on any atom is 0.328 e. The van der Waals surface area contributed by atoms with E-state index in [1.807, 2.05) is 0 Å². The molecule has 8 nitrogen and oxygen atoms in total. The first-order valence-electron chi connectivity index (χ1n) is 8.38. The number of amides is 2. The van der Waals surface area contributed by atoms with Crippen molar-refractivity contribution < 1.29 is 28.7 Å². The van der Waals surface area contributed by atoms with Crippen molar-refractivity contribution in [2.24, 2.45) is 0 Å². The first-order chi connectivity index (χ1) is 13.1. The number of ether oxygens (including phenoxy) is 2. The molecule has 1 rings (SSSR count). The topological polar surface area (TPSA) is 111 Å². The van der Waals surface area contributed by atoms with Gasteiger partial charge in [-0.15, -0.1) is 0 Å². The van der Waals surface area contributed by atoms with E-state index in [9.17, 15) is 19.2 Å². The molecule has 0 fully saturated rings. The molecule has 0 spiro atoms. The molecular formula is C20H24N2O6. The Morgan fingerprint density at radius 2 is 1.04 bits per heavy atom. The predicted octanol–water partition coefficient (Wildman–Crippen LogP) is 1.07. The highest BCUT2D eigenvalue weighted by Gasteiger charge is 2.20. The molecule has 0 unspecified atom stereocenters. The van der Waals surface area contributed by atoms with Gasteiger partial charge in [0, 0.05) is 11.1 Å². The maximum atomic E-state index is 12.2. The van der Waals surface area contributed by atoms with E-state index in [1.165, 1.54) is 28.1 Å². The number of benzene rings is 1. The van der Waals surface area contributed by atoms with Gasteiger partial charge in [-0.05, 0) is 25.0 Å². The Morgan fingerprint density at radius 1 is 0.750 bits per heavy atom. The Hall–Kier alpha value is -3.42. The summed E-state index contributed by atoms with van der Waals surface area (Å²) in [4.78, 5) is 47.1. The summed E-state index contributed by atoms with van der Waals surface area (Å²) in [6.07, 6.45) is 0. The molecule has 0 aliphatic carbocycles. The lowest BCUT2D eigenvalue weighted by molar-refractivity contribution is -0.144. The second-order valence-electron chi connectivity index (χ2n) is 5.97. The zero-order valence-corrected chi connectivity index (χ0v) is 16.3. The minimum atomic E-state index is -0.811. The fraction of sp³-hybridized carbons (Fsp3) is 0.300. The van der Waals surface area contributed by atoms with Gasteiger partial charge < -0.3 is 20.1 Å². The zero-order valence-electron chi connectivity index (χ0n) is 16.3. The summed E-state index contributed by atoms with van der Waals surface area (Å²) in [5.74, 6) is -2.18. The van der Waals surface area contributed by atoms with E-state index in [2.05, 4.69) is 33.3 Å². The number of rotatable bonds is 8. The van der Waals surface area contributed by atoms with Gasteiger partial charge in [-0.25, -0.2) is 9.59 Å². The second kappa shape index (κ2) is 10.1. The van der Waals surface area contributed by atoms with E-state index < -0.39 is 35.8 Å². The highest BCUT2D eigenvalue weighted by Crippen LogP contribution is 2.18. The van der Waals surface area contributed by atoms with Crippen LogP contribution in [0.25, 0.3) is 11.1 Å². The van der Waals surface area contributed by atoms with Gasteiger partial charge in [0.05, 0.1) is 14.2 Å². The van der Waals surface area contributed by atoms with Crippen LogP contribution in [0.15, 0.2) is 37.4 Å². The Kier molecular flexibility index (Phi) is 8.12. The van der Waals surface area contributed by atoms with E-state index >= 15 is 0 Å². The lowest BCUT2D eigenvalue weighted by Gasteiger charge is -2.14. The van der Waals surface area contributed by atoms with Crippen molar-refractivity contribution >= 4 is 34.9 Å². The summed E-state index contributed by atoms with van der Waals surface area (Å²) in [6, 6.07) is 4.78. The van der Waals surface area contributed by atoms with Crippen molar-refractivity contribution in [3.63, 3.8) is 0 Å². The molecule has 0 saturated carbocycles. The summed E-state index contributed by atoms with van der Waals surface area (Å²) in [7, 11) is 2.46. The minimum absolute atomic E-state index is 0.150. The van der Waals surface area contributed by atoms with Crippen molar-refractivity contribution in [2.45, 2.75) is 25.9 Å². The molecule has 2 atom stereocenters. The Labute approximate surface area is 163 Å². The molecule has 0 bridgehead atoms. The van der Waals surface area contributed by atoms with Gasteiger partial charge in [0.2, 0.25) is 0 Å². The van der Waals surface area contributed by atoms with Crippen molar-refractivity contribution in [1.29, 1.82) is 0 Å². The average molecular weight is 388 g/mol. The number of carbonyl (C=O) groups excluding carboxylic acids is 4. The van der Waals surface area contributed by atoms with Gasteiger partial charge in [0.1, 0.15) is 12.1 Å². The van der Waals surface area contributed by atoms with Crippen molar-refractivity contribution in [3.05, 3.63) is 48.6 Å². The number of carbonyl (C=O) groups is 4. The predicted molar refractivity (Wildman–Crippen MR) is 104 cm³/mol. The van der Waals surface area contributed by atoms with Crippen LogP contribution in [0.3, 0.4) is 0 Å². The Bertz CT molecular complexity index is 730. The second-order valence-corrected chi connectivity index (χ2v) is 5.97. The third-order valence-corrected chi connectivity index (χ3v) is 3.93. The van der Waals surface area contributed by atoms with Crippen molar-refractivity contribution in [3.8, 4) is 0 Å².